The molecule has 1 aliphatic rings. The number of hydrogen-bond donors (Lipinski definition) is 0. The summed E-state index contributed by atoms with van der Waals surface area (Å²) in [5.74, 6) is -1.70. The van der Waals surface area contributed by atoms with E-state index in [2.05, 4.69) is 0 Å². The molecule has 3 aromatic rings. The van der Waals surface area contributed by atoms with Gasteiger partial charge >= 0.3 is 5.97 Å². The Balaban J connectivity index is 1.53. The Morgan fingerprint density at radius 1 is 1.06 bits per heavy atom. The molecule has 0 unspecified atom stereocenters. The number of benzene rings is 3. The van der Waals surface area contributed by atoms with E-state index in [1.54, 1.807) is 42.5 Å². The van der Waals surface area contributed by atoms with Crippen LogP contribution in [0.25, 0.3) is 6.08 Å². The van der Waals surface area contributed by atoms with Gasteiger partial charge in [-0.2, -0.15) is 0 Å². The highest BCUT2D eigenvalue weighted by molar-refractivity contribution is 8.18. The number of carbonyl (C=O) groups excluding carboxylic acids is 3. The van der Waals surface area contributed by atoms with Crippen molar-refractivity contribution in [1.29, 1.82) is 0 Å². The van der Waals surface area contributed by atoms with Crippen LogP contribution in [0.2, 0.25) is 5.02 Å². The molecular weight excluding hydrogens is 481 g/mol. The van der Waals surface area contributed by atoms with E-state index in [0.29, 0.717) is 10.6 Å². The quantitative estimate of drug-likeness (QED) is 0.238. The lowest BCUT2D eigenvalue weighted by molar-refractivity contribution is -0.123. The molecule has 34 heavy (non-hydrogen) atoms. The second-order valence-electron chi connectivity index (χ2n) is 7.18. The smallest absolute Gasteiger partial charge is 0.346 e. The summed E-state index contributed by atoms with van der Waals surface area (Å²) in [5, 5.41) is 0.126. The van der Waals surface area contributed by atoms with E-state index in [0.717, 1.165) is 28.3 Å². The fourth-order valence-electron chi connectivity index (χ4n) is 3.25. The molecule has 0 aromatic heterocycles. The van der Waals surface area contributed by atoms with Gasteiger partial charge in [-0.25, -0.2) is 9.18 Å². The number of hydrogen-bond acceptors (Lipinski definition) is 6. The highest BCUT2D eigenvalue weighted by atomic mass is 35.5. The number of esters is 1. The molecule has 0 spiro atoms. The minimum absolute atomic E-state index is 0.0852. The second kappa shape index (κ2) is 10.1. The van der Waals surface area contributed by atoms with Crippen molar-refractivity contribution in [3.63, 3.8) is 0 Å². The number of thioether (sulfide) groups is 1. The lowest BCUT2D eigenvalue weighted by Crippen LogP contribution is -2.27. The van der Waals surface area contributed by atoms with Gasteiger partial charge < -0.3 is 9.47 Å². The first-order valence-electron chi connectivity index (χ1n) is 10.0. The van der Waals surface area contributed by atoms with Gasteiger partial charge in [0.05, 0.1) is 24.1 Å². The minimum Gasteiger partial charge on any atom is -0.493 e. The average molecular weight is 498 g/mol. The van der Waals surface area contributed by atoms with Crippen LogP contribution in [0.1, 0.15) is 21.5 Å². The second-order valence-corrected chi connectivity index (χ2v) is 8.61. The number of imide groups is 1. The number of amides is 2. The molecule has 2 amide bonds. The average Bonchev–Trinajstić information content (AvgIpc) is 3.07. The number of nitrogens with zero attached hydrogens (tertiary/aromatic N) is 1. The Bertz CT molecular complexity index is 1330. The van der Waals surface area contributed by atoms with Crippen LogP contribution in [-0.4, -0.2) is 29.1 Å². The number of carbonyl (C=O) groups is 3. The predicted molar refractivity (Wildman–Crippen MR) is 127 cm³/mol. The van der Waals surface area contributed by atoms with Crippen molar-refractivity contribution in [2.24, 2.45) is 0 Å². The molecule has 1 fully saturated rings. The van der Waals surface area contributed by atoms with Gasteiger partial charge in [0.25, 0.3) is 11.1 Å². The Labute approximate surface area is 203 Å². The van der Waals surface area contributed by atoms with Crippen LogP contribution in [0.4, 0.5) is 9.18 Å². The predicted octanol–water partition coefficient (Wildman–Crippen LogP) is 5.94. The summed E-state index contributed by atoms with van der Waals surface area (Å²) in [5.41, 5.74) is 1.08. The van der Waals surface area contributed by atoms with Crippen molar-refractivity contribution < 1.29 is 28.2 Å². The van der Waals surface area contributed by atoms with Crippen LogP contribution < -0.4 is 9.47 Å². The molecule has 0 aliphatic carbocycles. The van der Waals surface area contributed by atoms with Crippen LogP contribution in [0.5, 0.6) is 11.5 Å². The fraction of sp³-hybridized carbons (Fsp3) is 0.0800. The van der Waals surface area contributed by atoms with Crippen LogP contribution in [-0.2, 0) is 11.3 Å². The molecule has 9 heteroatoms. The largest absolute Gasteiger partial charge is 0.493 e. The SMILES string of the molecule is COc1cc(/C=C2\SC(=O)N(Cc3cccc(Cl)c3)C2=O)ccc1OC(=O)c1ccccc1F. The standard InChI is InChI=1S/C25H17ClFNO5S/c1-32-21-12-15(9-10-20(21)33-24(30)18-7-2-3-8-19(18)27)13-22-23(29)28(25(31)34-22)14-16-5-4-6-17(26)11-16/h2-13H,14H2,1H3/b22-13-. The number of rotatable bonds is 6. The van der Waals surface area contributed by atoms with Crippen LogP contribution >= 0.6 is 23.4 Å². The first-order chi connectivity index (χ1) is 16.4. The molecule has 1 aliphatic heterocycles. The normalized spacial score (nSPS) is 14.6. The van der Waals surface area contributed by atoms with E-state index < -0.39 is 22.9 Å². The third-order valence-electron chi connectivity index (χ3n) is 4.89. The lowest BCUT2D eigenvalue weighted by atomic mass is 10.1. The summed E-state index contributed by atoms with van der Waals surface area (Å²) in [6, 6.07) is 17.0. The first-order valence-corrected chi connectivity index (χ1v) is 11.2. The van der Waals surface area contributed by atoms with E-state index in [1.165, 1.54) is 31.4 Å². The third-order valence-corrected chi connectivity index (χ3v) is 6.03. The molecule has 0 saturated carbocycles. The summed E-state index contributed by atoms with van der Waals surface area (Å²) >= 11 is 6.81. The van der Waals surface area contributed by atoms with E-state index in [9.17, 15) is 18.8 Å². The van der Waals surface area contributed by atoms with E-state index >= 15 is 0 Å². The topological polar surface area (TPSA) is 72.9 Å². The zero-order valence-electron chi connectivity index (χ0n) is 17.8. The van der Waals surface area contributed by atoms with Crippen molar-refractivity contribution in [1.82, 2.24) is 4.90 Å². The summed E-state index contributed by atoms with van der Waals surface area (Å²) < 4.78 is 24.4. The van der Waals surface area contributed by atoms with Gasteiger partial charge in [-0.15, -0.1) is 0 Å². The maximum atomic E-state index is 13.9. The van der Waals surface area contributed by atoms with Gasteiger partial charge in [-0.3, -0.25) is 14.5 Å². The molecule has 0 N–H and O–H groups in total. The molecular formula is C25H17ClFNO5S. The van der Waals surface area contributed by atoms with Crippen molar-refractivity contribution in [2.45, 2.75) is 6.54 Å². The monoisotopic (exact) mass is 497 g/mol. The van der Waals surface area contributed by atoms with Crippen molar-refractivity contribution >= 4 is 46.6 Å². The molecule has 3 aromatic carbocycles. The van der Waals surface area contributed by atoms with Crippen molar-refractivity contribution in [3.05, 3.63) is 99.2 Å². The maximum Gasteiger partial charge on any atom is 0.346 e. The van der Waals surface area contributed by atoms with Crippen LogP contribution in [0.3, 0.4) is 0 Å². The molecule has 1 saturated heterocycles. The van der Waals surface area contributed by atoms with Gasteiger partial charge in [0.1, 0.15) is 5.82 Å². The zero-order chi connectivity index (χ0) is 24.2. The third kappa shape index (κ3) is 5.13. The van der Waals surface area contributed by atoms with E-state index in [-0.39, 0.29) is 28.5 Å². The molecule has 6 nitrogen and oxygen atoms in total. The molecule has 172 valence electrons. The Morgan fingerprint density at radius 3 is 2.59 bits per heavy atom. The van der Waals surface area contributed by atoms with Crippen molar-refractivity contribution in [3.8, 4) is 11.5 Å². The van der Waals surface area contributed by atoms with Crippen molar-refractivity contribution in [2.75, 3.05) is 7.11 Å². The fourth-order valence-corrected chi connectivity index (χ4v) is 4.30. The molecule has 0 atom stereocenters. The number of ether oxygens (including phenoxy) is 2. The highest BCUT2D eigenvalue weighted by Crippen LogP contribution is 2.35. The van der Waals surface area contributed by atoms with Gasteiger partial charge in [0, 0.05) is 5.02 Å². The number of halogens is 2. The van der Waals surface area contributed by atoms with Gasteiger partial charge in [-0.05, 0) is 65.4 Å². The van der Waals surface area contributed by atoms with Gasteiger partial charge in [-0.1, -0.05) is 41.9 Å². The van der Waals surface area contributed by atoms with Crippen LogP contribution in [0.15, 0.2) is 71.6 Å². The van der Waals surface area contributed by atoms with E-state index in [1.807, 2.05) is 0 Å². The Kier molecular flexibility index (Phi) is 7.00. The first kappa shape index (κ1) is 23.5. The van der Waals surface area contributed by atoms with Gasteiger partial charge in [0.2, 0.25) is 0 Å². The Morgan fingerprint density at radius 2 is 1.85 bits per heavy atom. The van der Waals surface area contributed by atoms with Gasteiger partial charge in [0.15, 0.2) is 11.5 Å². The highest BCUT2D eigenvalue weighted by Gasteiger charge is 2.35. The molecule has 0 radical (unpaired) electrons. The summed E-state index contributed by atoms with van der Waals surface area (Å²) in [7, 11) is 1.39. The maximum absolute atomic E-state index is 13.9. The molecule has 4 rings (SSSR count). The zero-order valence-corrected chi connectivity index (χ0v) is 19.4. The molecule has 1 heterocycles. The molecule has 0 bridgehead atoms. The summed E-state index contributed by atoms with van der Waals surface area (Å²) in [4.78, 5) is 38.9. The minimum atomic E-state index is -0.869. The number of methoxy groups -OCH3 is 1. The Hall–Kier alpha value is -3.62. The summed E-state index contributed by atoms with van der Waals surface area (Å²) in [6.07, 6.45) is 1.55. The van der Waals surface area contributed by atoms with Crippen LogP contribution in [0, 0.1) is 5.82 Å². The van der Waals surface area contributed by atoms with E-state index in [4.69, 9.17) is 21.1 Å². The summed E-state index contributed by atoms with van der Waals surface area (Å²) in [6.45, 7) is 0.108. The lowest BCUT2D eigenvalue weighted by Gasteiger charge is -2.12.